The van der Waals surface area contributed by atoms with E-state index in [-0.39, 0.29) is 4.90 Å². The Morgan fingerprint density at radius 2 is 1.88 bits per heavy atom. The van der Waals surface area contributed by atoms with E-state index in [0.29, 0.717) is 5.02 Å². The molecule has 0 aliphatic carbocycles. The molecule has 16 heavy (non-hydrogen) atoms. The van der Waals surface area contributed by atoms with Crippen LogP contribution >= 0.6 is 11.6 Å². The third kappa shape index (κ3) is 2.96. The summed E-state index contributed by atoms with van der Waals surface area (Å²) < 4.78 is 23.7. The van der Waals surface area contributed by atoms with Gasteiger partial charge in [-0.2, -0.15) is 0 Å². The van der Waals surface area contributed by atoms with Gasteiger partial charge in [0.1, 0.15) is 0 Å². The lowest BCUT2D eigenvalue weighted by atomic mass is 10.3. The van der Waals surface area contributed by atoms with Crippen molar-refractivity contribution < 1.29 is 18.3 Å². The summed E-state index contributed by atoms with van der Waals surface area (Å²) in [4.78, 5) is 10.4. The average molecular weight is 262 g/mol. The van der Waals surface area contributed by atoms with Crippen molar-refractivity contribution in [2.75, 3.05) is 0 Å². The highest BCUT2D eigenvalue weighted by molar-refractivity contribution is 7.92. The van der Waals surface area contributed by atoms with Crippen molar-refractivity contribution >= 4 is 27.4 Å². The molecule has 1 aromatic carbocycles. The van der Waals surface area contributed by atoms with E-state index in [1.54, 1.807) is 0 Å². The first-order valence-corrected chi connectivity index (χ1v) is 6.46. The molecule has 0 saturated carbocycles. The number of rotatable bonds is 4. The summed E-state index contributed by atoms with van der Waals surface area (Å²) in [6.07, 6.45) is -0.523. The number of benzene rings is 1. The molecule has 0 heterocycles. The van der Waals surface area contributed by atoms with Crippen LogP contribution < -0.4 is 5.11 Å². The number of halogens is 1. The number of carboxylic acids is 1. The van der Waals surface area contributed by atoms with Crippen molar-refractivity contribution in [3.8, 4) is 0 Å². The molecule has 88 valence electrons. The summed E-state index contributed by atoms with van der Waals surface area (Å²) in [6.45, 7) is 1.33. The Balaban J connectivity index is 3.02. The second kappa shape index (κ2) is 4.84. The first-order chi connectivity index (χ1) is 7.34. The monoisotopic (exact) mass is 261 g/mol. The molecule has 0 N–H and O–H groups in total. The molecule has 0 amide bonds. The van der Waals surface area contributed by atoms with Crippen molar-refractivity contribution in [2.45, 2.75) is 23.5 Å². The second-order valence-corrected chi connectivity index (χ2v) is 6.19. The molecule has 0 fully saturated rings. The predicted molar refractivity (Wildman–Crippen MR) is 57.7 cm³/mol. The Morgan fingerprint density at radius 3 is 2.31 bits per heavy atom. The topological polar surface area (TPSA) is 74.3 Å². The molecule has 1 atom stereocenters. The highest BCUT2D eigenvalue weighted by Crippen LogP contribution is 2.20. The fourth-order valence-electron chi connectivity index (χ4n) is 1.20. The van der Waals surface area contributed by atoms with Crippen LogP contribution in [0.2, 0.25) is 5.02 Å². The molecule has 0 bridgehead atoms. The maximum Gasteiger partial charge on any atom is 0.181 e. The third-order valence-corrected chi connectivity index (χ3v) is 4.53. The highest BCUT2D eigenvalue weighted by Gasteiger charge is 2.23. The van der Waals surface area contributed by atoms with Crippen LogP contribution in [-0.2, 0) is 14.6 Å². The van der Waals surface area contributed by atoms with Gasteiger partial charge in [0, 0.05) is 17.4 Å². The molecule has 6 heteroatoms. The maximum atomic E-state index is 11.8. The van der Waals surface area contributed by atoms with E-state index in [1.807, 2.05) is 0 Å². The van der Waals surface area contributed by atoms with Crippen molar-refractivity contribution in [1.82, 2.24) is 0 Å². The lowest BCUT2D eigenvalue weighted by molar-refractivity contribution is -0.305. The molecule has 4 nitrogen and oxygen atoms in total. The number of hydrogen-bond donors (Lipinski definition) is 0. The van der Waals surface area contributed by atoms with Crippen LogP contribution in [0.4, 0.5) is 0 Å². The lowest BCUT2D eigenvalue weighted by Crippen LogP contribution is -2.30. The third-order valence-electron chi connectivity index (χ3n) is 2.13. The van der Waals surface area contributed by atoms with E-state index in [0.717, 1.165) is 0 Å². The summed E-state index contributed by atoms with van der Waals surface area (Å²) in [5, 5.41) is 9.75. The van der Waals surface area contributed by atoms with E-state index in [2.05, 4.69) is 0 Å². The van der Waals surface area contributed by atoms with Gasteiger partial charge in [0.15, 0.2) is 9.84 Å². The first kappa shape index (κ1) is 13.0. The lowest BCUT2D eigenvalue weighted by Gasteiger charge is -2.13. The van der Waals surface area contributed by atoms with Crippen LogP contribution in [0, 0.1) is 0 Å². The molecule has 1 rings (SSSR count). The van der Waals surface area contributed by atoms with E-state index < -0.39 is 27.5 Å². The largest absolute Gasteiger partial charge is 0.550 e. The van der Waals surface area contributed by atoms with Gasteiger partial charge >= 0.3 is 0 Å². The van der Waals surface area contributed by atoms with Crippen LogP contribution in [0.5, 0.6) is 0 Å². The van der Waals surface area contributed by atoms with E-state index >= 15 is 0 Å². The van der Waals surface area contributed by atoms with Gasteiger partial charge in [0.2, 0.25) is 0 Å². The second-order valence-electron chi connectivity index (χ2n) is 3.39. The fraction of sp³-hybridized carbons (Fsp3) is 0.300. The molecule has 0 aliphatic heterocycles. The molecule has 0 unspecified atom stereocenters. The number of carboxylic acid groups (broad SMARTS) is 1. The molecule has 0 spiro atoms. The summed E-state index contributed by atoms with van der Waals surface area (Å²) >= 11 is 5.63. The number of sulfone groups is 1. The van der Waals surface area contributed by atoms with Crippen LogP contribution in [0.1, 0.15) is 13.3 Å². The van der Waals surface area contributed by atoms with Gasteiger partial charge in [-0.25, -0.2) is 8.42 Å². The quantitative estimate of drug-likeness (QED) is 0.797. The maximum absolute atomic E-state index is 11.8. The number of hydrogen-bond acceptors (Lipinski definition) is 4. The molecular formula is C10H10ClO4S-. The van der Waals surface area contributed by atoms with E-state index in [1.165, 1.54) is 31.2 Å². The standard InChI is InChI=1S/C10H11ClO4S/c1-7(6-10(12)13)16(14,15)9-4-2-8(11)3-5-9/h2-5,7H,6H2,1H3,(H,12,13)/p-1/t7-/m0/s1. The Bertz CT molecular complexity index is 478. The number of carbonyl (C=O) groups is 1. The molecule has 0 aliphatic rings. The van der Waals surface area contributed by atoms with Crippen molar-refractivity contribution in [2.24, 2.45) is 0 Å². The van der Waals surface area contributed by atoms with Gasteiger partial charge in [0.05, 0.1) is 10.1 Å². The van der Waals surface area contributed by atoms with Crippen LogP contribution in [0.15, 0.2) is 29.2 Å². The van der Waals surface area contributed by atoms with Crippen LogP contribution in [0.25, 0.3) is 0 Å². The normalized spacial score (nSPS) is 13.4. The minimum Gasteiger partial charge on any atom is -0.550 e. The zero-order valence-corrected chi connectivity index (χ0v) is 10.1. The summed E-state index contributed by atoms with van der Waals surface area (Å²) in [6, 6.07) is 5.59. The Morgan fingerprint density at radius 1 is 1.38 bits per heavy atom. The van der Waals surface area contributed by atoms with Gasteiger partial charge in [-0.15, -0.1) is 0 Å². The van der Waals surface area contributed by atoms with E-state index in [9.17, 15) is 18.3 Å². The number of aliphatic carboxylic acids is 1. The van der Waals surface area contributed by atoms with E-state index in [4.69, 9.17) is 11.6 Å². The van der Waals surface area contributed by atoms with Crippen molar-refractivity contribution in [3.63, 3.8) is 0 Å². The molecular weight excluding hydrogens is 252 g/mol. The summed E-state index contributed by atoms with van der Waals surface area (Å²) in [7, 11) is -3.63. The summed E-state index contributed by atoms with van der Waals surface area (Å²) in [5.74, 6) is -1.38. The Kier molecular flexibility index (Phi) is 3.93. The first-order valence-electron chi connectivity index (χ1n) is 4.53. The van der Waals surface area contributed by atoms with Gasteiger partial charge in [-0.1, -0.05) is 11.6 Å². The van der Waals surface area contributed by atoms with Gasteiger partial charge < -0.3 is 9.90 Å². The predicted octanol–water partition coefficient (Wildman–Crippen LogP) is 0.642. The minimum atomic E-state index is -3.63. The molecule has 0 radical (unpaired) electrons. The minimum absolute atomic E-state index is 0.0608. The van der Waals surface area contributed by atoms with Crippen LogP contribution in [-0.4, -0.2) is 19.6 Å². The van der Waals surface area contributed by atoms with Gasteiger partial charge in [-0.05, 0) is 31.2 Å². The Labute approximate surface area is 98.8 Å². The van der Waals surface area contributed by atoms with Gasteiger partial charge in [-0.3, -0.25) is 0 Å². The zero-order chi connectivity index (χ0) is 12.3. The zero-order valence-electron chi connectivity index (χ0n) is 8.51. The molecule has 1 aromatic rings. The van der Waals surface area contributed by atoms with Crippen molar-refractivity contribution in [1.29, 1.82) is 0 Å². The van der Waals surface area contributed by atoms with Gasteiger partial charge in [0.25, 0.3) is 0 Å². The summed E-state index contributed by atoms with van der Waals surface area (Å²) in [5.41, 5.74) is 0. The number of carbonyl (C=O) groups excluding carboxylic acids is 1. The smallest absolute Gasteiger partial charge is 0.181 e. The van der Waals surface area contributed by atoms with Crippen molar-refractivity contribution in [3.05, 3.63) is 29.3 Å². The Hall–Kier alpha value is -1.07. The van der Waals surface area contributed by atoms with Crippen LogP contribution in [0.3, 0.4) is 0 Å². The average Bonchev–Trinajstić information content (AvgIpc) is 2.17. The highest BCUT2D eigenvalue weighted by atomic mass is 35.5. The SMILES string of the molecule is C[C@@H](CC(=O)[O-])S(=O)(=O)c1ccc(Cl)cc1. The molecule has 0 aromatic heterocycles. The molecule has 0 saturated heterocycles. The fourth-order valence-corrected chi connectivity index (χ4v) is 2.66.